The first-order valence-electron chi connectivity index (χ1n) is 7.30. The minimum atomic E-state index is 0.302. The quantitative estimate of drug-likeness (QED) is 0.796. The third-order valence-corrected chi connectivity index (χ3v) is 3.60. The van der Waals surface area contributed by atoms with E-state index in [2.05, 4.69) is 4.99 Å². The van der Waals surface area contributed by atoms with Crippen LogP contribution in [0.1, 0.15) is 24.5 Å². The van der Waals surface area contributed by atoms with Gasteiger partial charge < -0.3 is 25.8 Å². The Bertz CT molecular complexity index is 723. The summed E-state index contributed by atoms with van der Waals surface area (Å²) in [4.78, 5) is 14.5. The van der Waals surface area contributed by atoms with Crippen molar-refractivity contribution in [2.45, 2.75) is 27.2 Å². The normalized spacial score (nSPS) is 16.6. The van der Waals surface area contributed by atoms with Gasteiger partial charge in [0, 0.05) is 13.5 Å². The molecule has 0 amide bonds. The molecule has 130 valence electrons. The predicted octanol–water partition coefficient (Wildman–Crippen LogP) is 2.64. The number of aryl methyl sites for hydroxylation is 2. The van der Waals surface area contributed by atoms with Gasteiger partial charge in [0.05, 0.1) is 17.1 Å². The smallest absolute Gasteiger partial charge is 0.165 e. The van der Waals surface area contributed by atoms with Crippen LogP contribution in [0.2, 0.25) is 0 Å². The lowest BCUT2D eigenvalue weighted by atomic mass is 10.00. The van der Waals surface area contributed by atoms with E-state index < -0.39 is 0 Å². The number of allylic oxidation sites excluding steroid dienone is 3. The van der Waals surface area contributed by atoms with E-state index in [0.717, 1.165) is 28.1 Å². The second-order valence-corrected chi connectivity index (χ2v) is 5.57. The lowest BCUT2D eigenvalue weighted by Gasteiger charge is -2.24. The number of hydrogen-bond acceptors (Lipinski definition) is 8. The van der Waals surface area contributed by atoms with E-state index in [9.17, 15) is 10.4 Å². The second kappa shape index (κ2) is 7.45. The molecule has 0 bridgehead atoms. The first kappa shape index (κ1) is 18.0. The Labute approximate surface area is 140 Å². The number of benzene rings is 1. The largest absolute Gasteiger partial charge is 0.755 e. The second-order valence-electron chi connectivity index (χ2n) is 5.57. The topological polar surface area (TPSA) is 118 Å². The van der Waals surface area contributed by atoms with Crippen molar-refractivity contribution in [2.75, 3.05) is 7.05 Å². The molecule has 0 radical (unpaired) electrons. The number of aliphatic imine (C=N–C) groups is 1. The molecular formula is C16H20N4O4-2. The molecule has 0 aliphatic heterocycles. The number of hydrogen-bond donors (Lipinski definition) is 2. The van der Waals surface area contributed by atoms with Gasteiger partial charge >= 0.3 is 0 Å². The lowest BCUT2D eigenvalue weighted by Crippen LogP contribution is -2.18. The van der Waals surface area contributed by atoms with E-state index in [1.165, 1.54) is 12.7 Å². The zero-order valence-corrected chi connectivity index (χ0v) is 14.0. The van der Waals surface area contributed by atoms with Gasteiger partial charge in [-0.25, -0.2) is 10.9 Å². The van der Waals surface area contributed by atoms with Crippen LogP contribution < -0.4 is 16.2 Å². The fourth-order valence-electron chi connectivity index (χ4n) is 2.32. The van der Waals surface area contributed by atoms with Gasteiger partial charge in [0.25, 0.3) is 0 Å². The molecule has 0 unspecified atom stereocenters. The number of nitrogens with zero attached hydrogens (tertiary/aromatic N) is 2. The predicted molar refractivity (Wildman–Crippen MR) is 91.9 cm³/mol. The fourth-order valence-corrected chi connectivity index (χ4v) is 2.32. The van der Waals surface area contributed by atoms with E-state index >= 15 is 0 Å². The summed E-state index contributed by atoms with van der Waals surface area (Å²) in [6.07, 6.45) is 2.04. The van der Waals surface area contributed by atoms with Crippen LogP contribution in [0.5, 0.6) is 5.75 Å². The van der Waals surface area contributed by atoms with Crippen LogP contribution in [-0.4, -0.2) is 18.0 Å². The maximum atomic E-state index is 11.0. The molecule has 8 heteroatoms. The standard InChI is InChI=1S/C16H20N4O4/c1-9-6-15(24-20(4)22)11(3)5-13(9)18-14-8-12(17)16(23-19-21)7-10(14)2/h5-7,19H,8,17H2,1-4H3/q-2. The highest BCUT2D eigenvalue weighted by Crippen LogP contribution is 2.30. The van der Waals surface area contributed by atoms with Crippen molar-refractivity contribution in [1.82, 2.24) is 10.9 Å². The van der Waals surface area contributed by atoms with Crippen molar-refractivity contribution < 1.29 is 9.68 Å². The molecule has 0 atom stereocenters. The molecule has 0 heterocycles. The summed E-state index contributed by atoms with van der Waals surface area (Å²) < 4.78 is 0. The van der Waals surface area contributed by atoms with Crippen LogP contribution in [-0.2, 0) is 4.84 Å². The molecule has 1 aromatic rings. The summed E-state index contributed by atoms with van der Waals surface area (Å²) in [5.74, 6) is 0.790. The molecule has 2 rings (SSSR count). The third-order valence-electron chi connectivity index (χ3n) is 3.60. The summed E-state index contributed by atoms with van der Waals surface area (Å²) in [6.45, 7) is 5.59. The molecule has 8 nitrogen and oxygen atoms in total. The molecular weight excluding hydrogens is 312 g/mol. The zero-order chi connectivity index (χ0) is 17.9. The average molecular weight is 332 g/mol. The van der Waals surface area contributed by atoms with Crippen LogP contribution >= 0.6 is 0 Å². The third kappa shape index (κ3) is 4.12. The zero-order valence-electron chi connectivity index (χ0n) is 14.0. The van der Waals surface area contributed by atoms with Gasteiger partial charge in [0.15, 0.2) is 5.76 Å². The van der Waals surface area contributed by atoms with Crippen LogP contribution in [0.25, 0.3) is 0 Å². The van der Waals surface area contributed by atoms with E-state index in [1.54, 1.807) is 12.1 Å². The Morgan fingerprint density at radius 3 is 2.58 bits per heavy atom. The van der Waals surface area contributed by atoms with Crippen LogP contribution in [0.3, 0.4) is 0 Å². The number of rotatable bonds is 5. The van der Waals surface area contributed by atoms with Gasteiger partial charge in [-0.05, 0) is 55.7 Å². The van der Waals surface area contributed by atoms with Crippen molar-refractivity contribution in [1.29, 1.82) is 0 Å². The number of nitrogens with one attached hydrogen (secondary N) is 1. The Morgan fingerprint density at radius 2 is 1.96 bits per heavy atom. The molecule has 0 aromatic heterocycles. The number of hydroxylamine groups is 2. The van der Waals surface area contributed by atoms with Crippen LogP contribution in [0.15, 0.2) is 40.2 Å². The molecule has 3 N–H and O–H groups in total. The molecule has 0 saturated carbocycles. The molecule has 0 saturated heterocycles. The molecule has 1 aliphatic carbocycles. The Hall–Kier alpha value is -2.39. The van der Waals surface area contributed by atoms with Crippen molar-refractivity contribution in [3.8, 4) is 5.75 Å². The van der Waals surface area contributed by atoms with Gasteiger partial charge in [-0.15, -0.1) is 0 Å². The Kier molecular flexibility index (Phi) is 5.58. The van der Waals surface area contributed by atoms with Gasteiger partial charge in [-0.1, -0.05) is 0 Å². The Morgan fingerprint density at radius 1 is 1.25 bits per heavy atom. The first-order valence-corrected chi connectivity index (χ1v) is 7.30. The monoisotopic (exact) mass is 332 g/mol. The van der Waals surface area contributed by atoms with Gasteiger partial charge in [-0.2, -0.15) is 0 Å². The highest BCUT2D eigenvalue weighted by molar-refractivity contribution is 6.04. The summed E-state index contributed by atoms with van der Waals surface area (Å²) >= 11 is 0. The Balaban J connectivity index is 2.33. The molecule has 0 spiro atoms. The van der Waals surface area contributed by atoms with Crippen molar-refractivity contribution in [3.05, 3.63) is 56.8 Å². The van der Waals surface area contributed by atoms with Gasteiger partial charge in [0.2, 0.25) is 0 Å². The van der Waals surface area contributed by atoms with E-state index in [4.69, 9.17) is 15.4 Å². The van der Waals surface area contributed by atoms with Crippen molar-refractivity contribution in [3.63, 3.8) is 0 Å². The molecule has 24 heavy (non-hydrogen) atoms. The highest BCUT2D eigenvalue weighted by Gasteiger charge is 2.16. The SMILES string of the molecule is CC1=CC(ON[O-])=C(N)CC1=Nc1cc(C)c(ON(C)[O-])cc1C. The van der Waals surface area contributed by atoms with Crippen LogP contribution in [0, 0.1) is 24.3 Å². The fraction of sp³-hybridized carbons (Fsp3) is 0.312. The summed E-state index contributed by atoms with van der Waals surface area (Å²) in [6, 6.07) is 3.61. The summed E-state index contributed by atoms with van der Waals surface area (Å²) in [5.41, 5.74) is 11.8. The maximum Gasteiger partial charge on any atom is 0.165 e. The minimum Gasteiger partial charge on any atom is -0.755 e. The van der Waals surface area contributed by atoms with E-state index in [1.807, 2.05) is 26.8 Å². The molecule has 1 aliphatic rings. The average Bonchev–Trinajstić information content (AvgIpc) is 2.49. The maximum absolute atomic E-state index is 11.0. The van der Waals surface area contributed by atoms with Crippen LogP contribution in [0.4, 0.5) is 5.69 Å². The van der Waals surface area contributed by atoms with Gasteiger partial charge in [0.1, 0.15) is 5.75 Å². The number of nitrogens with two attached hydrogens (primary N) is 1. The molecule has 0 fully saturated rings. The first-order chi connectivity index (χ1) is 11.3. The van der Waals surface area contributed by atoms with Gasteiger partial charge in [-0.3, -0.25) is 4.99 Å². The summed E-state index contributed by atoms with van der Waals surface area (Å²) in [5, 5.41) is 21.8. The minimum absolute atomic E-state index is 0.302. The summed E-state index contributed by atoms with van der Waals surface area (Å²) in [7, 11) is 1.28. The highest BCUT2D eigenvalue weighted by atomic mass is 16.9. The van der Waals surface area contributed by atoms with Crippen molar-refractivity contribution in [2.24, 2.45) is 10.7 Å². The van der Waals surface area contributed by atoms with E-state index in [-0.39, 0.29) is 0 Å². The van der Waals surface area contributed by atoms with E-state index in [0.29, 0.717) is 28.9 Å². The van der Waals surface area contributed by atoms with Crippen molar-refractivity contribution >= 4 is 11.4 Å². The lowest BCUT2D eigenvalue weighted by molar-refractivity contribution is 0.0209. The molecule has 1 aromatic carbocycles.